The Morgan fingerprint density at radius 3 is 2.38 bits per heavy atom. The van der Waals surface area contributed by atoms with Crippen molar-refractivity contribution in [3.05, 3.63) is 11.5 Å². The molecule has 0 bridgehead atoms. The van der Waals surface area contributed by atoms with E-state index in [0.717, 1.165) is 31.3 Å². The molecule has 0 N–H and O–H groups in total. The number of rotatable bonds is 2. The summed E-state index contributed by atoms with van der Waals surface area (Å²) >= 11 is 4.18. The predicted octanol–water partition coefficient (Wildman–Crippen LogP) is -0.651. The summed E-state index contributed by atoms with van der Waals surface area (Å²) in [7, 11) is 0. The van der Waals surface area contributed by atoms with E-state index < -0.39 is 0 Å². The average molecular weight is 252 g/mol. The van der Waals surface area contributed by atoms with Crippen LogP contribution in [0.5, 0.6) is 0 Å². The van der Waals surface area contributed by atoms with Crippen LogP contribution in [-0.2, 0) is 4.74 Å². The van der Waals surface area contributed by atoms with Crippen LogP contribution in [0.4, 0.5) is 0 Å². The molecule has 0 aromatic heterocycles. The number of allylic oxidation sites excluding steroid dienone is 1. The van der Waals surface area contributed by atoms with Crippen molar-refractivity contribution in [3.8, 4) is 0 Å². The monoisotopic (exact) mass is 252 g/mol. The first-order valence-electron chi connectivity index (χ1n) is 5.55. The van der Waals surface area contributed by atoms with E-state index in [0.29, 0.717) is 10.7 Å². The second-order valence-electron chi connectivity index (χ2n) is 3.93. The molecule has 0 aromatic carbocycles. The molecule has 0 radical (unpaired) electrons. The minimum atomic E-state index is -0.0552. The van der Waals surface area contributed by atoms with Gasteiger partial charge in [-0.05, 0) is 37.9 Å². The molecule has 0 amide bonds. The van der Waals surface area contributed by atoms with Crippen molar-refractivity contribution in [1.29, 1.82) is 0 Å². The van der Waals surface area contributed by atoms with Crippen molar-refractivity contribution in [3.63, 3.8) is 0 Å². The second-order valence-corrected chi connectivity index (χ2v) is 7.15. The summed E-state index contributed by atoms with van der Waals surface area (Å²) in [5, 5.41) is 11.5. The molecule has 0 aromatic rings. The summed E-state index contributed by atoms with van der Waals surface area (Å²) in [5.41, 5.74) is 1.01. The first-order valence-corrected chi connectivity index (χ1v) is 7.53. The Kier molecular flexibility index (Phi) is 6.01. The molecule has 2 rings (SSSR count). The van der Waals surface area contributed by atoms with Crippen molar-refractivity contribution < 1.29 is 28.7 Å². The van der Waals surface area contributed by atoms with Crippen LogP contribution in [0.3, 0.4) is 0 Å². The molecule has 1 aliphatic heterocycles. The fourth-order valence-electron chi connectivity index (χ4n) is 2.16. The van der Waals surface area contributed by atoms with Crippen LogP contribution >= 0.6 is 23.5 Å². The van der Waals surface area contributed by atoms with Gasteiger partial charge in [0.2, 0.25) is 0 Å². The van der Waals surface area contributed by atoms with Gasteiger partial charge in [0.05, 0.1) is 10.0 Å². The van der Waals surface area contributed by atoms with Gasteiger partial charge in [-0.3, -0.25) is 0 Å². The number of hydrogen-bond acceptors (Lipinski definition) is 4. The molecule has 2 aliphatic rings. The maximum atomic E-state index is 11.5. The Labute approximate surface area is 118 Å². The van der Waals surface area contributed by atoms with Crippen LogP contribution in [-0.4, -0.2) is 22.2 Å². The first-order chi connectivity index (χ1) is 7.26. The molecular formula is C11H17LiO2S2. The van der Waals surface area contributed by atoms with E-state index in [1.165, 1.54) is 11.5 Å². The molecule has 2 nitrogen and oxygen atoms in total. The van der Waals surface area contributed by atoms with Crippen LogP contribution in [0.1, 0.15) is 32.6 Å². The van der Waals surface area contributed by atoms with E-state index in [1.54, 1.807) is 0 Å². The second kappa shape index (κ2) is 6.54. The maximum absolute atomic E-state index is 11.5. The zero-order chi connectivity index (χ0) is 10.7. The van der Waals surface area contributed by atoms with Crippen LogP contribution in [0.15, 0.2) is 11.5 Å². The molecule has 2 fully saturated rings. The van der Waals surface area contributed by atoms with E-state index in [-0.39, 0.29) is 24.8 Å². The van der Waals surface area contributed by atoms with Crippen LogP contribution in [0.25, 0.3) is 0 Å². The van der Waals surface area contributed by atoms with E-state index in [1.807, 2.05) is 6.92 Å². The number of thioether (sulfide) groups is 2. The third kappa shape index (κ3) is 3.32. The molecular weight excluding hydrogens is 235 g/mol. The predicted molar refractivity (Wildman–Crippen MR) is 64.8 cm³/mol. The Morgan fingerprint density at radius 2 is 1.88 bits per heavy atom. The smallest absolute Gasteiger partial charge is 0.614 e. The summed E-state index contributed by atoms with van der Waals surface area (Å²) in [6, 6.07) is 0. The van der Waals surface area contributed by atoms with Crippen molar-refractivity contribution in [2.45, 2.75) is 36.7 Å². The standard InChI is InChI=1S/C11H18O2S2.Li/c1-2-13-10(12)9-3-5-11(6-4-9)14-7-8-15-11;/h12H,2-8H2,1H3;/q;+1/p-1. The SMILES string of the molecule is CCOC([O-])=C1CCC2(CC1)SCCS2.[Li+]. The van der Waals surface area contributed by atoms with Crippen molar-refractivity contribution in [2.24, 2.45) is 0 Å². The molecule has 0 unspecified atom stereocenters. The van der Waals surface area contributed by atoms with E-state index in [2.05, 4.69) is 23.5 Å². The Hall–Kier alpha value is 0.637. The van der Waals surface area contributed by atoms with Crippen molar-refractivity contribution >= 4 is 23.5 Å². The summed E-state index contributed by atoms with van der Waals surface area (Å²) < 4.78 is 5.48. The molecule has 1 aliphatic carbocycles. The number of ether oxygens (including phenoxy) is 1. The van der Waals surface area contributed by atoms with Gasteiger partial charge in [0.25, 0.3) is 0 Å². The van der Waals surface area contributed by atoms with Gasteiger partial charge in [-0.15, -0.1) is 23.5 Å². The zero-order valence-corrected chi connectivity index (χ0v) is 11.7. The molecule has 0 atom stereocenters. The summed E-state index contributed by atoms with van der Waals surface area (Å²) in [5.74, 6) is 2.50. The molecule has 1 saturated carbocycles. The molecule has 1 saturated heterocycles. The van der Waals surface area contributed by atoms with E-state index in [9.17, 15) is 5.11 Å². The van der Waals surface area contributed by atoms with E-state index >= 15 is 0 Å². The number of hydrogen-bond donors (Lipinski definition) is 0. The minimum Gasteiger partial charge on any atom is -0.614 e. The fraction of sp³-hybridized carbons (Fsp3) is 0.818. The van der Waals surface area contributed by atoms with Crippen LogP contribution in [0, 0.1) is 0 Å². The third-order valence-corrected chi connectivity index (χ3v) is 6.64. The largest absolute Gasteiger partial charge is 1.00 e. The summed E-state index contributed by atoms with van der Waals surface area (Å²) in [4.78, 5) is 0. The Morgan fingerprint density at radius 1 is 1.31 bits per heavy atom. The fourth-order valence-corrected chi connectivity index (χ4v) is 5.39. The average Bonchev–Trinajstić information content (AvgIpc) is 2.68. The Bertz CT molecular complexity index is 251. The summed E-state index contributed by atoms with van der Waals surface area (Å²) in [6.45, 7) is 2.36. The van der Waals surface area contributed by atoms with E-state index in [4.69, 9.17) is 4.74 Å². The van der Waals surface area contributed by atoms with Gasteiger partial charge in [-0.25, -0.2) is 0 Å². The van der Waals surface area contributed by atoms with Crippen LogP contribution in [0.2, 0.25) is 0 Å². The molecule has 5 heteroatoms. The normalized spacial score (nSPS) is 22.9. The molecule has 86 valence electrons. The maximum Gasteiger partial charge on any atom is 1.00 e. The molecule has 16 heavy (non-hydrogen) atoms. The van der Waals surface area contributed by atoms with Gasteiger partial charge in [0.15, 0.2) is 0 Å². The molecule has 1 spiro atoms. The Balaban J connectivity index is 0.00000128. The van der Waals surface area contributed by atoms with Gasteiger partial charge in [-0.1, -0.05) is 6.92 Å². The van der Waals surface area contributed by atoms with Gasteiger partial charge in [0.1, 0.15) is 0 Å². The quantitative estimate of drug-likeness (QED) is 0.483. The zero-order valence-electron chi connectivity index (χ0n) is 10.1. The van der Waals surface area contributed by atoms with Crippen molar-refractivity contribution in [1.82, 2.24) is 0 Å². The summed E-state index contributed by atoms with van der Waals surface area (Å²) in [6.07, 6.45) is 4.19. The third-order valence-electron chi connectivity index (χ3n) is 2.99. The van der Waals surface area contributed by atoms with Gasteiger partial charge >= 0.3 is 18.9 Å². The van der Waals surface area contributed by atoms with Gasteiger partial charge in [-0.2, -0.15) is 0 Å². The topological polar surface area (TPSA) is 32.3 Å². The van der Waals surface area contributed by atoms with Crippen LogP contribution < -0.4 is 24.0 Å². The molecule has 1 heterocycles. The van der Waals surface area contributed by atoms with Gasteiger partial charge in [0, 0.05) is 11.5 Å². The minimum absolute atomic E-state index is 0. The van der Waals surface area contributed by atoms with Gasteiger partial charge < -0.3 is 9.84 Å². The first kappa shape index (κ1) is 14.7. The van der Waals surface area contributed by atoms with Crippen molar-refractivity contribution in [2.75, 3.05) is 18.1 Å².